The highest BCUT2D eigenvalue weighted by Crippen LogP contribution is 2.32. The SMILES string of the molecule is Cc1ccc(-n2c(SCC(=O)Nc3ccc(C)c(F)c3)nnc2-c2ccccc2Cl)cc1. The Labute approximate surface area is 194 Å². The molecule has 4 rings (SSSR count). The molecule has 8 heteroatoms. The summed E-state index contributed by atoms with van der Waals surface area (Å²) in [4.78, 5) is 12.5. The molecule has 0 aliphatic heterocycles. The summed E-state index contributed by atoms with van der Waals surface area (Å²) in [6, 6.07) is 20.0. The Kier molecular flexibility index (Phi) is 6.58. The molecule has 162 valence electrons. The normalized spacial score (nSPS) is 10.9. The molecule has 32 heavy (non-hydrogen) atoms. The zero-order valence-corrected chi connectivity index (χ0v) is 19.0. The van der Waals surface area contributed by atoms with Gasteiger partial charge in [0.1, 0.15) is 5.82 Å². The Morgan fingerprint density at radius 1 is 1.06 bits per heavy atom. The third kappa shape index (κ3) is 4.84. The molecule has 0 fully saturated rings. The molecule has 0 aliphatic rings. The van der Waals surface area contributed by atoms with Gasteiger partial charge in [0.15, 0.2) is 11.0 Å². The molecule has 0 spiro atoms. The van der Waals surface area contributed by atoms with E-state index in [1.54, 1.807) is 25.1 Å². The van der Waals surface area contributed by atoms with Crippen LogP contribution in [0.15, 0.2) is 71.9 Å². The summed E-state index contributed by atoms with van der Waals surface area (Å²) in [5.41, 5.74) is 3.67. The number of aryl methyl sites for hydroxylation is 2. The highest BCUT2D eigenvalue weighted by atomic mass is 35.5. The van der Waals surface area contributed by atoms with Gasteiger partial charge in [-0.05, 0) is 55.8 Å². The topological polar surface area (TPSA) is 59.8 Å². The number of hydrogen-bond donors (Lipinski definition) is 1. The summed E-state index contributed by atoms with van der Waals surface area (Å²) < 4.78 is 15.6. The van der Waals surface area contributed by atoms with Crippen LogP contribution in [-0.2, 0) is 4.79 Å². The van der Waals surface area contributed by atoms with Crippen LogP contribution in [0.25, 0.3) is 17.1 Å². The van der Waals surface area contributed by atoms with Crippen molar-refractivity contribution in [2.45, 2.75) is 19.0 Å². The van der Waals surface area contributed by atoms with Crippen molar-refractivity contribution in [3.8, 4) is 17.1 Å². The molecule has 4 aromatic rings. The van der Waals surface area contributed by atoms with Crippen molar-refractivity contribution in [2.75, 3.05) is 11.1 Å². The Morgan fingerprint density at radius 2 is 1.81 bits per heavy atom. The molecule has 5 nitrogen and oxygen atoms in total. The molecule has 0 unspecified atom stereocenters. The van der Waals surface area contributed by atoms with Crippen molar-refractivity contribution in [3.63, 3.8) is 0 Å². The van der Waals surface area contributed by atoms with Crippen LogP contribution in [-0.4, -0.2) is 26.4 Å². The van der Waals surface area contributed by atoms with Gasteiger partial charge in [-0.25, -0.2) is 4.39 Å². The van der Waals surface area contributed by atoms with Crippen LogP contribution in [0.2, 0.25) is 5.02 Å². The van der Waals surface area contributed by atoms with Gasteiger partial charge in [0.25, 0.3) is 0 Å². The van der Waals surface area contributed by atoms with Gasteiger partial charge in [0, 0.05) is 16.9 Å². The zero-order valence-electron chi connectivity index (χ0n) is 17.5. The van der Waals surface area contributed by atoms with Crippen molar-refractivity contribution in [1.29, 1.82) is 0 Å². The maximum Gasteiger partial charge on any atom is 0.234 e. The molecular formula is C24H20ClFN4OS. The minimum absolute atomic E-state index is 0.0853. The molecule has 0 bridgehead atoms. The number of carbonyl (C=O) groups is 1. The van der Waals surface area contributed by atoms with E-state index in [0.29, 0.717) is 27.3 Å². The van der Waals surface area contributed by atoms with E-state index in [2.05, 4.69) is 15.5 Å². The maximum atomic E-state index is 13.8. The third-order valence-corrected chi connectivity index (χ3v) is 6.09. The number of anilines is 1. The predicted molar refractivity (Wildman–Crippen MR) is 127 cm³/mol. The Bertz CT molecular complexity index is 1270. The first-order chi connectivity index (χ1) is 15.4. The average molecular weight is 467 g/mol. The van der Waals surface area contributed by atoms with Crippen molar-refractivity contribution in [2.24, 2.45) is 0 Å². The summed E-state index contributed by atoms with van der Waals surface area (Å²) in [7, 11) is 0. The number of nitrogens with zero attached hydrogens (tertiary/aromatic N) is 3. The Morgan fingerprint density at radius 3 is 2.53 bits per heavy atom. The number of thioether (sulfide) groups is 1. The van der Waals surface area contributed by atoms with Crippen LogP contribution in [0.4, 0.5) is 10.1 Å². The van der Waals surface area contributed by atoms with Gasteiger partial charge in [-0.15, -0.1) is 10.2 Å². The lowest BCUT2D eigenvalue weighted by atomic mass is 10.2. The lowest BCUT2D eigenvalue weighted by molar-refractivity contribution is -0.113. The van der Waals surface area contributed by atoms with Crippen molar-refractivity contribution < 1.29 is 9.18 Å². The first kappa shape index (κ1) is 22.0. The largest absolute Gasteiger partial charge is 0.325 e. The maximum absolute atomic E-state index is 13.8. The smallest absolute Gasteiger partial charge is 0.234 e. The van der Waals surface area contributed by atoms with Crippen LogP contribution in [0, 0.1) is 19.7 Å². The average Bonchev–Trinajstić information content (AvgIpc) is 3.19. The minimum atomic E-state index is -0.362. The van der Waals surface area contributed by atoms with Crippen molar-refractivity contribution in [3.05, 3.63) is 88.7 Å². The molecule has 0 saturated heterocycles. The molecule has 0 saturated carbocycles. The summed E-state index contributed by atoms with van der Waals surface area (Å²) >= 11 is 7.65. The second-order valence-corrected chi connectivity index (χ2v) is 8.61. The second-order valence-electron chi connectivity index (χ2n) is 7.26. The third-order valence-electron chi connectivity index (χ3n) is 4.83. The molecule has 1 amide bonds. The van der Waals surface area contributed by atoms with Crippen LogP contribution < -0.4 is 5.32 Å². The van der Waals surface area contributed by atoms with Crippen LogP contribution in [0.1, 0.15) is 11.1 Å². The summed E-state index contributed by atoms with van der Waals surface area (Å²) in [5.74, 6) is 0.0417. The van der Waals surface area contributed by atoms with Gasteiger partial charge >= 0.3 is 0 Å². The predicted octanol–water partition coefficient (Wildman–Crippen LogP) is 6.07. The van der Waals surface area contributed by atoms with Crippen LogP contribution in [0.5, 0.6) is 0 Å². The molecule has 1 aromatic heterocycles. The van der Waals surface area contributed by atoms with E-state index in [9.17, 15) is 9.18 Å². The summed E-state index contributed by atoms with van der Waals surface area (Å²) in [5, 5.41) is 12.5. The number of amides is 1. The number of carbonyl (C=O) groups excluding carboxylic acids is 1. The van der Waals surface area contributed by atoms with E-state index in [-0.39, 0.29) is 17.5 Å². The zero-order chi connectivity index (χ0) is 22.7. The highest BCUT2D eigenvalue weighted by Gasteiger charge is 2.19. The van der Waals surface area contributed by atoms with E-state index in [1.807, 2.05) is 54.0 Å². The number of rotatable bonds is 6. The van der Waals surface area contributed by atoms with Gasteiger partial charge in [0.05, 0.1) is 10.8 Å². The molecule has 0 aliphatic carbocycles. The Balaban J connectivity index is 1.61. The monoisotopic (exact) mass is 466 g/mol. The van der Waals surface area contributed by atoms with Gasteiger partial charge < -0.3 is 5.32 Å². The molecule has 3 aromatic carbocycles. The van der Waals surface area contributed by atoms with Crippen molar-refractivity contribution in [1.82, 2.24) is 14.8 Å². The lowest BCUT2D eigenvalue weighted by Crippen LogP contribution is -2.14. The quantitative estimate of drug-likeness (QED) is 0.350. The number of aromatic nitrogens is 3. The van der Waals surface area contributed by atoms with E-state index in [1.165, 1.54) is 17.8 Å². The standard InChI is InChI=1S/C24H20ClFN4OS/c1-15-7-11-18(12-8-15)30-23(19-5-3-4-6-20(19)25)28-29-24(30)32-14-22(31)27-17-10-9-16(2)21(26)13-17/h3-13H,14H2,1-2H3,(H,27,31). The number of hydrogen-bond acceptors (Lipinski definition) is 4. The van der Waals surface area contributed by atoms with Gasteiger partial charge in [0.2, 0.25) is 5.91 Å². The van der Waals surface area contributed by atoms with E-state index in [0.717, 1.165) is 16.8 Å². The summed E-state index contributed by atoms with van der Waals surface area (Å²) in [6.45, 7) is 3.68. The van der Waals surface area contributed by atoms with E-state index in [4.69, 9.17) is 11.6 Å². The van der Waals surface area contributed by atoms with Gasteiger partial charge in [-0.2, -0.15) is 0 Å². The van der Waals surface area contributed by atoms with Crippen LogP contribution in [0.3, 0.4) is 0 Å². The molecule has 1 heterocycles. The first-order valence-electron chi connectivity index (χ1n) is 9.88. The highest BCUT2D eigenvalue weighted by molar-refractivity contribution is 7.99. The fourth-order valence-electron chi connectivity index (χ4n) is 3.10. The second kappa shape index (κ2) is 9.54. The fourth-order valence-corrected chi connectivity index (χ4v) is 4.08. The van der Waals surface area contributed by atoms with E-state index >= 15 is 0 Å². The summed E-state index contributed by atoms with van der Waals surface area (Å²) in [6.07, 6.45) is 0. The van der Waals surface area contributed by atoms with Crippen molar-refractivity contribution >= 4 is 35.0 Å². The first-order valence-corrected chi connectivity index (χ1v) is 11.2. The number of halogens is 2. The Hall–Kier alpha value is -3.16. The molecule has 1 N–H and O–H groups in total. The lowest BCUT2D eigenvalue weighted by Gasteiger charge is -2.12. The molecule has 0 radical (unpaired) electrons. The van der Waals surface area contributed by atoms with E-state index < -0.39 is 0 Å². The van der Waals surface area contributed by atoms with Crippen LogP contribution >= 0.6 is 23.4 Å². The van der Waals surface area contributed by atoms with Gasteiger partial charge in [-0.3, -0.25) is 9.36 Å². The molecule has 0 atom stereocenters. The minimum Gasteiger partial charge on any atom is -0.325 e. The number of nitrogens with one attached hydrogen (secondary N) is 1. The molecular weight excluding hydrogens is 447 g/mol. The fraction of sp³-hybridized carbons (Fsp3) is 0.125. The van der Waals surface area contributed by atoms with Gasteiger partial charge in [-0.1, -0.05) is 59.3 Å². The number of benzene rings is 3.